The third-order valence-corrected chi connectivity index (χ3v) is 4.28. The number of hydrogen-bond donors (Lipinski definition) is 2. The van der Waals surface area contributed by atoms with Gasteiger partial charge in [0.1, 0.15) is 0 Å². The molecule has 1 unspecified atom stereocenters. The molecule has 21 heavy (non-hydrogen) atoms. The van der Waals surface area contributed by atoms with E-state index in [0.29, 0.717) is 25.7 Å². The van der Waals surface area contributed by atoms with Crippen LogP contribution in [0.3, 0.4) is 0 Å². The van der Waals surface area contributed by atoms with Gasteiger partial charge in [-0.05, 0) is 30.4 Å². The second-order valence-corrected chi connectivity index (χ2v) is 6.78. The summed E-state index contributed by atoms with van der Waals surface area (Å²) in [5.74, 6) is 0.689. The zero-order valence-electron chi connectivity index (χ0n) is 13.6. The van der Waals surface area contributed by atoms with Gasteiger partial charge >= 0.3 is 0 Å². The van der Waals surface area contributed by atoms with Crippen LogP contribution in [0, 0.1) is 5.92 Å². The van der Waals surface area contributed by atoms with Crippen LogP contribution in [-0.2, 0) is 11.2 Å². The Morgan fingerprint density at radius 1 is 1.14 bits per heavy atom. The summed E-state index contributed by atoms with van der Waals surface area (Å²) in [6.07, 6.45) is 2.57. The first kappa shape index (κ1) is 16.5. The summed E-state index contributed by atoms with van der Waals surface area (Å²) in [7, 11) is 0. The lowest BCUT2D eigenvalue weighted by atomic mass is 9.93. The molecule has 0 amide bonds. The molecule has 1 heterocycles. The number of ether oxygens (including phenoxy) is 1. The van der Waals surface area contributed by atoms with Gasteiger partial charge in [0.2, 0.25) is 0 Å². The van der Waals surface area contributed by atoms with Crippen molar-refractivity contribution in [3.8, 4) is 0 Å². The molecule has 1 fully saturated rings. The highest BCUT2D eigenvalue weighted by Gasteiger charge is 2.29. The molecule has 0 saturated carbocycles. The van der Waals surface area contributed by atoms with Crippen molar-refractivity contribution < 1.29 is 9.84 Å². The van der Waals surface area contributed by atoms with Crippen molar-refractivity contribution in [3.63, 3.8) is 0 Å². The summed E-state index contributed by atoms with van der Waals surface area (Å²) >= 11 is 0. The highest BCUT2D eigenvalue weighted by Crippen LogP contribution is 2.21. The van der Waals surface area contributed by atoms with Crippen LogP contribution >= 0.6 is 0 Å². The van der Waals surface area contributed by atoms with E-state index in [1.807, 2.05) is 0 Å². The van der Waals surface area contributed by atoms with Crippen LogP contribution < -0.4 is 5.32 Å². The van der Waals surface area contributed by atoms with E-state index >= 15 is 0 Å². The molecule has 0 aliphatic carbocycles. The quantitative estimate of drug-likeness (QED) is 0.846. The van der Waals surface area contributed by atoms with Crippen molar-refractivity contribution in [3.05, 3.63) is 35.4 Å². The Morgan fingerprint density at radius 2 is 1.76 bits per heavy atom. The van der Waals surface area contributed by atoms with Crippen LogP contribution in [0.15, 0.2) is 24.3 Å². The minimum atomic E-state index is -0.607. The summed E-state index contributed by atoms with van der Waals surface area (Å²) in [5.41, 5.74) is 2.06. The fourth-order valence-electron chi connectivity index (χ4n) is 2.80. The fourth-order valence-corrected chi connectivity index (χ4v) is 2.80. The monoisotopic (exact) mass is 291 g/mol. The normalized spacial score (nSPS) is 19.7. The maximum atomic E-state index is 10.5. The van der Waals surface area contributed by atoms with E-state index in [1.165, 1.54) is 11.1 Å². The van der Waals surface area contributed by atoms with Crippen LogP contribution in [-0.4, -0.2) is 30.5 Å². The molecule has 3 heteroatoms. The Balaban J connectivity index is 1.86. The third kappa shape index (κ3) is 5.10. The van der Waals surface area contributed by atoms with Gasteiger partial charge in [0, 0.05) is 38.6 Å². The lowest BCUT2D eigenvalue weighted by Gasteiger charge is -2.33. The highest BCUT2D eigenvalue weighted by atomic mass is 16.5. The van der Waals surface area contributed by atoms with Crippen molar-refractivity contribution in [1.29, 1.82) is 0 Å². The molecular weight excluding hydrogens is 262 g/mol. The minimum Gasteiger partial charge on any atom is -0.388 e. The molecular formula is C18H29NO2. The molecule has 3 nitrogen and oxygen atoms in total. The molecule has 0 radical (unpaired) electrons. The lowest BCUT2D eigenvalue weighted by molar-refractivity contribution is -0.0626. The summed E-state index contributed by atoms with van der Waals surface area (Å²) in [6, 6.07) is 9.09. The first-order valence-corrected chi connectivity index (χ1v) is 8.11. The first-order chi connectivity index (χ1) is 9.98. The van der Waals surface area contributed by atoms with Crippen molar-refractivity contribution >= 4 is 0 Å². The SMILES string of the molecule is CC(C)Cc1ccc(C(C)NCC2(O)CCOCC2)cc1. The number of aliphatic hydroxyl groups is 1. The van der Waals surface area contributed by atoms with E-state index in [2.05, 4.69) is 50.4 Å². The van der Waals surface area contributed by atoms with Crippen molar-refractivity contribution in [2.24, 2.45) is 5.92 Å². The van der Waals surface area contributed by atoms with E-state index in [9.17, 15) is 5.11 Å². The van der Waals surface area contributed by atoms with E-state index < -0.39 is 5.60 Å². The molecule has 1 saturated heterocycles. The average Bonchev–Trinajstić information content (AvgIpc) is 2.46. The summed E-state index contributed by atoms with van der Waals surface area (Å²) < 4.78 is 5.31. The van der Waals surface area contributed by atoms with Crippen LogP contribution in [0.25, 0.3) is 0 Å². The van der Waals surface area contributed by atoms with Crippen LogP contribution in [0.5, 0.6) is 0 Å². The second kappa shape index (κ2) is 7.39. The molecule has 2 rings (SSSR count). The van der Waals surface area contributed by atoms with Crippen LogP contribution in [0.2, 0.25) is 0 Å². The Kier molecular flexibility index (Phi) is 5.80. The summed E-state index contributed by atoms with van der Waals surface area (Å²) in [5, 5.41) is 13.9. The number of hydrogen-bond acceptors (Lipinski definition) is 3. The van der Waals surface area contributed by atoms with E-state index in [-0.39, 0.29) is 6.04 Å². The number of rotatable bonds is 6. The number of nitrogens with one attached hydrogen (secondary N) is 1. The fraction of sp³-hybridized carbons (Fsp3) is 0.667. The van der Waals surface area contributed by atoms with E-state index in [1.54, 1.807) is 0 Å². The van der Waals surface area contributed by atoms with E-state index in [0.717, 1.165) is 19.3 Å². The molecule has 1 aliphatic rings. The maximum Gasteiger partial charge on any atom is 0.0815 e. The lowest BCUT2D eigenvalue weighted by Crippen LogP contribution is -2.45. The second-order valence-electron chi connectivity index (χ2n) is 6.78. The Morgan fingerprint density at radius 3 is 2.33 bits per heavy atom. The van der Waals surface area contributed by atoms with Gasteiger partial charge in [-0.25, -0.2) is 0 Å². The topological polar surface area (TPSA) is 41.5 Å². The summed E-state index contributed by atoms with van der Waals surface area (Å²) in [4.78, 5) is 0. The van der Waals surface area contributed by atoms with Gasteiger partial charge in [0.15, 0.2) is 0 Å². The minimum absolute atomic E-state index is 0.255. The zero-order valence-corrected chi connectivity index (χ0v) is 13.6. The van der Waals surface area contributed by atoms with Crippen LogP contribution in [0.1, 0.15) is 50.8 Å². The molecule has 2 N–H and O–H groups in total. The maximum absolute atomic E-state index is 10.5. The molecule has 1 aromatic rings. The first-order valence-electron chi connectivity index (χ1n) is 8.11. The van der Waals surface area contributed by atoms with Gasteiger partial charge in [0.05, 0.1) is 5.60 Å². The van der Waals surface area contributed by atoms with Crippen molar-refractivity contribution in [2.75, 3.05) is 19.8 Å². The summed E-state index contributed by atoms with van der Waals surface area (Å²) in [6.45, 7) is 8.59. The zero-order chi connectivity index (χ0) is 15.3. The molecule has 118 valence electrons. The van der Waals surface area contributed by atoms with Crippen molar-refractivity contribution in [2.45, 2.75) is 51.7 Å². The van der Waals surface area contributed by atoms with Gasteiger partial charge in [-0.15, -0.1) is 0 Å². The van der Waals surface area contributed by atoms with Gasteiger partial charge in [-0.1, -0.05) is 38.1 Å². The third-order valence-electron chi connectivity index (χ3n) is 4.28. The average molecular weight is 291 g/mol. The Hall–Kier alpha value is -0.900. The predicted molar refractivity (Wildman–Crippen MR) is 86.4 cm³/mol. The molecule has 0 bridgehead atoms. The van der Waals surface area contributed by atoms with E-state index in [4.69, 9.17) is 4.74 Å². The smallest absolute Gasteiger partial charge is 0.0815 e. The molecule has 0 spiro atoms. The largest absolute Gasteiger partial charge is 0.388 e. The van der Waals surface area contributed by atoms with Gasteiger partial charge in [-0.2, -0.15) is 0 Å². The van der Waals surface area contributed by atoms with Crippen molar-refractivity contribution in [1.82, 2.24) is 5.32 Å². The molecule has 0 aromatic heterocycles. The van der Waals surface area contributed by atoms with Gasteiger partial charge in [0.25, 0.3) is 0 Å². The van der Waals surface area contributed by atoms with Gasteiger partial charge < -0.3 is 15.2 Å². The van der Waals surface area contributed by atoms with Gasteiger partial charge in [-0.3, -0.25) is 0 Å². The Bertz CT molecular complexity index is 421. The molecule has 1 atom stereocenters. The van der Waals surface area contributed by atoms with Crippen LogP contribution in [0.4, 0.5) is 0 Å². The molecule has 1 aliphatic heterocycles. The highest BCUT2D eigenvalue weighted by molar-refractivity contribution is 5.25. The predicted octanol–water partition coefficient (Wildman–Crippen LogP) is 3.08. The standard InChI is InChI=1S/C18H29NO2/c1-14(2)12-16-4-6-17(7-5-16)15(3)19-13-18(20)8-10-21-11-9-18/h4-7,14-15,19-20H,8-13H2,1-3H3. The molecule has 1 aromatic carbocycles. The Labute approximate surface area is 128 Å². The number of benzene rings is 1.